The maximum atomic E-state index is 8.89. The molecule has 3 aliphatic rings. The number of rotatable bonds is 15. The molecule has 4 atom stereocenters. The second-order valence-corrected chi connectivity index (χ2v) is 20.6. The lowest BCUT2D eigenvalue weighted by Gasteiger charge is -2.25. The molecule has 0 amide bonds. The van der Waals surface area contributed by atoms with E-state index in [-0.39, 0.29) is 23.0 Å². The highest BCUT2D eigenvalue weighted by atomic mass is 16.5. The summed E-state index contributed by atoms with van der Waals surface area (Å²) in [5.74, 6) is 6.35. The molecule has 0 radical (unpaired) electrons. The molecule has 0 aromatic rings. The minimum atomic E-state index is -0.201. The Kier molecular flexibility index (Phi) is 35.3. The fraction of sp³-hybridized carbons (Fsp3) is 1.00. The quantitative estimate of drug-likeness (QED) is 0.173. The Morgan fingerprint density at radius 2 is 0.774 bits per heavy atom. The highest BCUT2D eigenvalue weighted by Gasteiger charge is 2.32. The molecule has 3 fully saturated rings. The molecule has 3 rings (SSSR count). The fourth-order valence-corrected chi connectivity index (χ4v) is 4.25. The van der Waals surface area contributed by atoms with Crippen LogP contribution in [0.15, 0.2) is 0 Å². The van der Waals surface area contributed by atoms with Crippen LogP contribution in [0.2, 0.25) is 0 Å². The highest BCUT2D eigenvalue weighted by molar-refractivity contribution is 4.81. The molecule has 3 saturated carbocycles. The van der Waals surface area contributed by atoms with E-state index < -0.39 is 0 Å². The SMILES string of the molecule is CC(C)COC(C)C.CC(C)COCC1CC1C.CC(C)COCC1CCC1.CC(C)COCC1CCCC1.C[C@@H](O)C(C)(C)C.C[C@H](O)C(C)(C)C. The van der Waals surface area contributed by atoms with Crippen LogP contribution in [0.3, 0.4) is 0 Å². The highest BCUT2D eigenvalue weighted by Crippen LogP contribution is 2.37. The second kappa shape index (κ2) is 32.8. The summed E-state index contributed by atoms with van der Waals surface area (Å²) < 4.78 is 21.9. The molecule has 324 valence electrons. The van der Waals surface area contributed by atoms with Crippen molar-refractivity contribution >= 4 is 0 Å². The number of hydrogen-bond acceptors (Lipinski definition) is 6. The third-order valence-electron chi connectivity index (χ3n) is 9.64. The Hall–Kier alpha value is -0.240. The smallest absolute Gasteiger partial charge is 0.0560 e. The summed E-state index contributed by atoms with van der Waals surface area (Å²) in [7, 11) is 0. The fourth-order valence-electron chi connectivity index (χ4n) is 4.25. The van der Waals surface area contributed by atoms with Crippen molar-refractivity contribution in [2.75, 3.05) is 46.2 Å². The first-order valence-electron chi connectivity index (χ1n) is 22.0. The van der Waals surface area contributed by atoms with Crippen molar-refractivity contribution in [1.29, 1.82) is 0 Å². The van der Waals surface area contributed by atoms with Gasteiger partial charge in [0.1, 0.15) is 0 Å². The maximum Gasteiger partial charge on any atom is 0.0560 e. The van der Waals surface area contributed by atoms with Crippen molar-refractivity contribution in [3.8, 4) is 0 Å². The van der Waals surface area contributed by atoms with Crippen LogP contribution in [-0.4, -0.2) is 74.8 Å². The lowest BCUT2D eigenvalue weighted by molar-refractivity contribution is 0.0546. The van der Waals surface area contributed by atoms with E-state index in [4.69, 9.17) is 29.2 Å². The Morgan fingerprint density at radius 3 is 0.962 bits per heavy atom. The summed E-state index contributed by atoms with van der Waals surface area (Å²) in [5.41, 5.74) is 0.111. The first-order chi connectivity index (χ1) is 24.3. The van der Waals surface area contributed by atoms with Gasteiger partial charge in [-0.2, -0.15) is 0 Å². The molecular weight excluding hydrogens is 661 g/mol. The van der Waals surface area contributed by atoms with E-state index in [0.29, 0.717) is 29.8 Å². The molecule has 3 aliphatic carbocycles. The van der Waals surface area contributed by atoms with Gasteiger partial charge < -0.3 is 29.2 Å². The molecule has 0 saturated heterocycles. The van der Waals surface area contributed by atoms with Gasteiger partial charge in [0.2, 0.25) is 0 Å². The Morgan fingerprint density at radius 1 is 0.491 bits per heavy atom. The molecule has 0 spiro atoms. The van der Waals surface area contributed by atoms with Crippen LogP contribution in [0, 0.1) is 58.2 Å². The number of hydrogen-bond donors (Lipinski definition) is 2. The standard InChI is InChI=1S/C10H20O.2C9H18O.C7H16O.2C6H14O/c1-9(2)7-11-8-10-5-3-4-6-10;1-7(2)5-10-6-9-4-8(9)3;1-8(2)6-10-7-9-4-3-5-9;1-6(2)5-8-7(3)4;2*1-5(7)6(2,3)4/h9-10H,3-8H2,1-2H3;7-9H,4-6H2,1-3H3;8-9H,3-7H2,1-2H3;6-7H,5H2,1-4H3;2*5,7H,1-4H3/t;;;;2*5-/m....10/s1. The van der Waals surface area contributed by atoms with Crippen LogP contribution in [0.25, 0.3) is 0 Å². The van der Waals surface area contributed by atoms with E-state index >= 15 is 0 Å². The number of ether oxygens (including phenoxy) is 4. The molecule has 0 bridgehead atoms. The average Bonchev–Trinajstić information content (AvgIpc) is 3.43. The predicted octanol–water partition coefficient (Wildman–Crippen LogP) is 12.5. The van der Waals surface area contributed by atoms with Gasteiger partial charge in [0, 0.05) is 46.2 Å². The molecule has 2 N–H and O–H groups in total. The lowest BCUT2D eigenvalue weighted by Crippen LogP contribution is -2.21. The van der Waals surface area contributed by atoms with Crippen LogP contribution in [-0.2, 0) is 18.9 Å². The lowest BCUT2D eigenvalue weighted by atomic mass is 9.86. The summed E-state index contributed by atoms with van der Waals surface area (Å²) in [6.45, 7) is 46.3. The molecule has 6 heteroatoms. The van der Waals surface area contributed by atoms with E-state index in [0.717, 1.165) is 69.9 Å². The Labute approximate surface area is 334 Å². The predicted molar refractivity (Wildman–Crippen MR) is 232 cm³/mol. The van der Waals surface area contributed by atoms with E-state index in [9.17, 15) is 0 Å². The largest absolute Gasteiger partial charge is 0.393 e. The molecule has 0 aromatic heterocycles. The number of aliphatic hydroxyl groups excluding tert-OH is 2. The van der Waals surface area contributed by atoms with Gasteiger partial charge in [-0.25, -0.2) is 0 Å². The van der Waals surface area contributed by atoms with Crippen LogP contribution in [0.5, 0.6) is 0 Å². The molecule has 6 nitrogen and oxygen atoms in total. The van der Waals surface area contributed by atoms with Gasteiger partial charge in [-0.05, 0) is 118 Å². The van der Waals surface area contributed by atoms with Crippen LogP contribution in [0.1, 0.15) is 183 Å². The van der Waals surface area contributed by atoms with Crippen LogP contribution >= 0.6 is 0 Å². The second-order valence-electron chi connectivity index (χ2n) is 20.6. The van der Waals surface area contributed by atoms with Crippen molar-refractivity contribution in [2.45, 2.75) is 201 Å². The summed E-state index contributed by atoms with van der Waals surface area (Å²) in [6, 6.07) is 0. The molecule has 0 aliphatic heterocycles. The van der Waals surface area contributed by atoms with Gasteiger partial charge in [0.25, 0.3) is 0 Å². The van der Waals surface area contributed by atoms with Crippen molar-refractivity contribution in [3.63, 3.8) is 0 Å². The minimum absolute atomic E-state index is 0.0556. The Bertz CT molecular complexity index is 711. The van der Waals surface area contributed by atoms with Crippen LogP contribution < -0.4 is 0 Å². The van der Waals surface area contributed by atoms with Crippen molar-refractivity contribution < 1.29 is 29.2 Å². The number of aliphatic hydroxyl groups is 2. The van der Waals surface area contributed by atoms with E-state index in [2.05, 4.69) is 76.2 Å². The topological polar surface area (TPSA) is 77.4 Å². The molecule has 2 unspecified atom stereocenters. The van der Waals surface area contributed by atoms with Crippen molar-refractivity contribution in [2.24, 2.45) is 58.2 Å². The van der Waals surface area contributed by atoms with Gasteiger partial charge in [-0.1, -0.05) is 123 Å². The zero-order valence-electron chi connectivity index (χ0n) is 39.5. The third-order valence-corrected chi connectivity index (χ3v) is 9.64. The van der Waals surface area contributed by atoms with E-state index in [1.54, 1.807) is 13.8 Å². The summed E-state index contributed by atoms with van der Waals surface area (Å²) in [5, 5.41) is 17.8. The summed E-state index contributed by atoms with van der Waals surface area (Å²) >= 11 is 0. The molecule has 0 heterocycles. The molecule has 0 aromatic carbocycles. The van der Waals surface area contributed by atoms with Gasteiger partial charge >= 0.3 is 0 Å². The van der Waals surface area contributed by atoms with Gasteiger partial charge in [-0.15, -0.1) is 0 Å². The van der Waals surface area contributed by atoms with Crippen molar-refractivity contribution in [1.82, 2.24) is 0 Å². The first kappa shape index (κ1) is 57.1. The average molecular weight is 761 g/mol. The van der Waals surface area contributed by atoms with Crippen molar-refractivity contribution in [3.05, 3.63) is 0 Å². The first-order valence-corrected chi connectivity index (χ1v) is 22.0. The van der Waals surface area contributed by atoms with Crippen LogP contribution in [0.4, 0.5) is 0 Å². The molecule has 53 heavy (non-hydrogen) atoms. The monoisotopic (exact) mass is 761 g/mol. The van der Waals surface area contributed by atoms with Gasteiger partial charge in [0.15, 0.2) is 0 Å². The zero-order chi connectivity index (χ0) is 41.8. The normalized spacial score (nSPS) is 19.8. The zero-order valence-corrected chi connectivity index (χ0v) is 39.5. The van der Waals surface area contributed by atoms with Gasteiger partial charge in [0.05, 0.1) is 18.3 Å². The maximum absolute atomic E-state index is 8.89. The van der Waals surface area contributed by atoms with E-state index in [1.807, 2.05) is 41.5 Å². The summed E-state index contributed by atoms with van der Waals surface area (Å²) in [6.07, 6.45) is 11.3. The van der Waals surface area contributed by atoms with Gasteiger partial charge in [-0.3, -0.25) is 0 Å². The molecular formula is C47H100O6. The minimum Gasteiger partial charge on any atom is -0.393 e. The van der Waals surface area contributed by atoms with E-state index in [1.165, 1.54) is 51.4 Å². The third kappa shape index (κ3) is 44.3. The summed E-state index contributed by atoms with van der Waals surface area (Å²) in [4.78, 5) is 0. The Balaban J connectivity index is -0.000000572.